The highest BCUT2D eigenvalue weighted by Gasteiger charge is 2.26. The van der Waals surface area contributed by atoms with Crippen molar-refractivity contribution in [3.8, 4) is 0 Å². The summed E-state index contributed by atoms with van der Waals surface area (Å²) in [5, 5.41) is 3.32. The molecule has 0 aromatic heterocycles. The minimum Gasteiger partial charge on any atom is -0.309 e. The maximum absolute atomic E-state index is 11.6. The second-order valence-electron chi connectivity index (χ2n) is 4.25. The van der Waals surface area contributed by atoms with E-state index in [0.29, 0.717) is 18.1 Å². The predicted octanol–water partition coefficient (Wildman–Crippen LogP) is 2.79. The van der Waals surface area contributed by atoms with E-state index in [2.05, 4.69) is 25.7 Å². The Morgan fingerprint density at radius 3 is 2.53 bits per heavy atom. The van der Waals surface area contributed by atoms with Gasteiger partial charge in [-0.1, -0.05) is 33.8 Å². The lowest BCUT2D eigenvalue weighted by atomic mass is 9.87. The molecule has 2 nitrogen and oxygen atoms in total. The van der Waals surface area contributed by atoms with E-state index < -0.39 is 0 Å². The summed E-state index contributed by atoms with van der Waals surface area (Å²) in [6.45, 7) is 12.8. The minimum absolute atomic E-state index is 0.205. The van der Waals surface area contributed by atoms with E-state index in [0.717, 1.165) is 13.0 Å². The van der Waals surface area contributed by atoms with Crippen molar-refractivity contribution >= 4 is 5.78 Å². The third-order valence-corrected chi connectivity index (χ3v) is 2.54. The third kappa shape index (κ3) is 5.12. The lowest BCUT2D eigenvalue weighted by Gasteiger charge is -2.27. The first-order chi connectivity index (χ1) is 7.13. The monoisotopic (exact) mass is 211 g/mol. The van der Waals surface area contributed by atoms with Crippen molar-refractivity contribution in [2.75, 3.05) is 6.54 Å². The van der Waals surface area contributed by atoms with E-state index in [-0.39, 0.29) is 12.0 Å². The Hall–Kier alpha value is -0.630. The largest absolute Gasteiger partial charge is 0.309 e. The molecule has 0 bridgehead atoms. The SMILES string of the molecule is C=CC1CC(=O)C(CC(C)C)CN1.CC. The molecule has 2 unspecified atom stereocenters. The zero-order valence-electron chi connectivity index (χ0n) is 10.5. The van der Waals surface area contributed by atoms with E-state index in [1.54, 1.807) is 0 Å². The van der Waals surface area contributed by atoms with Gasteiger partial charge in [0.2, 0.25) is 0 Å². The zero-order chi connectivity index (χ0) is 11.8. The molecule has 1 aliphatic rings. The van der Waals surface area contributed by atoms with Crippen molar-refractivity contribution in [1.29, 1.82) is 0 Å². The van der Waals surface area contributed by atoms with Crippen LogP contribution in [0.15, 0.2) is 12.7 Å². The Bertz CT molecular complexity index is 199. The quantitative estimate of drug-likeness (QED) is 0.727. The molecule has 1 fully saturated rings. The molecule has 1 rings (SSSR count). The molecule has 1 aliphatic heterocycles. The Balaban J connectivity index is 0.000000921. The maximum Gasteiger partial charge on any atom is 0.139 e. The van der Waals surface area contributed by atoms with E-state index in [1.165, 1.54) is 0 Å². The van der Waals surface area contributed by atoms with Crippen LogP contribution in [0.1, 0.15) is 40.5 Å². The van der Waals surface area contributed by atoms with Gasteiger partial charge in [0.1, 0.15) is 5.78 Å². The molecular formula is C13H25NO. The Morgan fingerprint density at radius 2 is 2.13 bits per heavy atom. The van der Waals surface area contributed by atoms with Gasteiger partial charge in [0.15, 0.2) is 0 Å². The summed E-state index contributed by atoms with van der Waals surface area (Å²) in [5.41, 5.74) is 0. The van der Waals surface area contributed by atoms with Crippen LogP contribution in [0.2, 0.25) is 0 Å². The number of carbonyl (C=O) groups is 1. The molecule has 15 heavy (non-hydrogen) atoms. The van der Waals surface area contributed by atoms with Crippen molar-refractivity contribution in [2.24, 2.45) is 11.8 Å². The van der Waals surface area contributed by atoms with Crippen molar-refractivity contribution in [3.05, 3.63) is 12.7 Å². The fourth-order valence-electron chi connectivity index (χ4n) is 1.81. The number of Topliss-reactive ketones (excluding diaryl/α,β-unsaturated/α-hetero) is 1. The Kier molecular flexibility index (Phi) is 7.31. The van der Waals surface area contributed by atoms with E-state index in [1.807, 2.05) is 19.9 Å². The topological polar surface area (TPSA) is 29.1 Å². The van der Waals surface area contributed by atoms with Gasteiger partial charge in [-0.3, -0.25) is 4.79 Å². The standard InChI is InChI=1S/C11H19NO.C2H6/c1-4-10-6-11(13)9(7-12-10)5-8(2)3;1-2/h4,8-10,12H,1,5-7H2,2-3H3;1-2H3. The van der Waals surface area contributed by atoms with E-state index in [9.17, 15) is 4.79 Å². The fraction of sp³-hybridized carbons (Fsp3) is 0.769. The van der Waals surface area contributed by atoms with Crippen molar-refractivity contribution in [3.63, 3.8) is 0 Å². The number of ketones is 1. The van der Waals surface area contributed by atoms with E-state index >= 15 is 0 Å². The Labute approximate surface area is 94.1 Å². The third-order valence-electron chi connectivity index (χ3n) is 2.54. The molecule has 2 atom stereocenters. The van der Waals surface area contributed by atoms with Crippen molar-refractivity contribution < 1.29 is 4.79 Å². The van der Waals surface area contributed by atoms with Crippen LogP contribution in [0, 0.1) is 11.8 Å². The Morgan fingerprint density at radius 1 is 1.53 bits per heavy atom. The summed E-state index contributed by atoms with van der Waals surface area (Å²) in [4.78, 5) is 11.6. The van der Waals surface area contributed by atoms with Crippen LogP contribution in [0.25, 0.3) is 0 Å². The van der Waals surface area contributed by atoms with Gasteiger partial charge >= 0.3 is 0 Å². The normalized spacial score (nSPS) is 25.8. The highest BCUT2D eigenvalue weighted by atomic mass is 16.1. The van der Waals surface area contributed by atoms with E-state index in [4.69, 9.17) is 0 Å². The molecule has 1 saturated heterocycles. The second kappa shape index (κ2) is 7.63. The van der Waals surface area contributed by atoms with Crippen LogP contribution in [-0.4, -0.2) is 18.4 Å². The lowest BCUT2D eigenvalue weighted by Crippen LogP contribution is -2.43. The molecule has 0 aliphatic carbocycles. The highest BCUT2D eigenvalue weighted by molar-refractivity contribution is 5.82. The summed E-state index contributed by atoms with van der Waals surface area (Å²) >= 11 is 0. The predicted molar refractivity (Wildman–Crippen MR) is 65.9 cm³/mol. The van der Waals surface area contributed by atoms with Gasteiger partial charge in [0, 0.05) is 24.9 Å². The van der Waals surface area contributed by atoms with Gasteiger partial charge in [-0.25, -0.2) is 0 Å². The first kappa shape index (κ1) is 14.4. The van der Waals surface area contributed by atoms with Crippen molar-refractivity contribution in [1.82, 2.24) is 5.32 Å². The van der Waals surface area contributed by atoms with Crippen LogP contribution in [0.5, 0.6) is 0 Å². The summed E-state index contributed by atoms with van der Waals surface area (Å²) in [7, 11) is 0. The molecule has 0 radical (unpaired) electrons. The number of carbonyl (C=O) groups excluding carboxylic acids is 1. The molecular weight excluding hydrogens is 186 g/mol. The average Bonchev–Trinajstić information content (AvgIpc) is 2.23. The molecule has 1 N–H and O–H groups in total. The number of nitrogens with one attached hydrogen (secondary N) is 1. The van der Waals surface area contributed by atoms with Crippen LogP contribution in [0.3, 0.4) is 0 Å². The van der Waals surface area contributed by atoms with Crippen LogP contribution in [0.4, 0.5) is 0 Å². The van der Waals surface area contributed by atoms with Gasteiger partial charge < -0.3 is 5.32 Å². The summed E-state index contributed by atoms with van der Waals surface area (Å²) in [6.07, 6.45) is 3.46. The van der Waals surface area contributed by atoms with Gasteiger partial charge in [-0.2, -0.15) is 0 Å². The minimum atomic E-state index is 0.205. The molecule has 2 heteroatoms. The highest BCUT2D eigenvalue weighted by Crippen LogP contribution is 2.18. The second-order valence-corrected chi connectivity index (χ2v) is 4.25. The maximum atomic E-state index is 11.6. The molecule has 0 aromatic rings. The van der Waals surface area contributed by atoms with Crippen LogP contribution >= 0.6 is 0 Å². The van der Waals surface area contributed by atoms with Gasteiger partial charge in [0.05, 0.1) is 0 Å². The molecule has 1 heterocycles. The molecule has 88 valence electrons. The van der Waals surface area contributed by atoms with Crippen molar-refractivity contribution in [2.45, 2.75) is 46.6 Å². The van der Waals surface area contributed by atoms with Gasteiger partial charge in [-0.15, -0.1) is 6.58 Å². The molecule has 0 spiro atoms. The zero-order valence-corrected chi connectivity index (χ0v) is 10.5. The summed E-state index contributed by atoms with van der Waals surface area (Å²) in [5.74, 6) is 1.24. The van der Waals surface area contributed by atoms with Gasteiger partial charge in [0.25, 0.3) is 0 Å². The fourth-order valence-corrected chi connectivity index (χ4v) is 1.81. The first-order valence-electron chi connectivity index (χ1n) is 6.02. The lowest BCUT2D eigenvalue weighted by molar-refractivity contribution is -0.125. The smallest absolute Gasteiger partial charge is 0.139 e. The number of hydrogen-bond donors (Lipinski definition) is 1. The molecule has 0 amide bonds. The van der Waals surface area contributed by atoms with Crippen LogP contribution < -0.4 is 5.32 Å². The average molecular weight is 211 g/mol. The summed E-state index contributed by atoms with van der Waals surface area (Å²) < 4.78 is 0. The van der Waals surface area contributed by atoms with Crippen LogP contribution in [-0.2, 0) is 4.79 Å². The number of piperidine rings is 1. The van der Waals surface area contributed by atoms with Gasteiger partial charge in [-0.05, 0) is 12.3 Å². The molecule has 0 saturated carbocycles. The number of hydrogen-bond acceptors (Lipinski definition) is 2. The molecule has 0 aromatic carbocycles. The summed E-state index contributed by atoms with van der Waals surface area (Å²) in [6, 6.07) is 0.205. The first-order valence-corrected chi connectivity index (χ1v) is 6.02. The number of rotatable bonds is 3.